The van der Waals surface area contributed by atoms with E-state index in [1.165, 1.54) is 57.4 Å². The molecule has 0 unspecified atom stereocenters. The minimum Gasteiger partial charge on any atom is -0.507 e. The number of aromatic carboxylic acids is 1. The maximum Gasteiger partial charge on any atom is 0.339 e. The van der Waals surface area contributed by atoms with E-state index in [-0.39, 0.29) is 4.90 Å². The molecule has 0 atom stereocenters. The van der Waals surface area contributed by atoms with Crippen molar-refractivity contribution in [2.24, 2.45) is 0 Å². The average molecular weight is 545 g/mol. The van der Waals surface area contributed by atoms with E-state index in [1.807, 2.05) is 6.07 Å². The Kier molecular flexibility index (Phi) is 13.7. The minimum atomic E-state index is -4.45. The molecule has 0 aromatic heterocycles. The number of carboxylic acids is 1. The molecule has 0 heterocycles. The number of hydrogen-bond acceptors (Lipinski definition) is 6. The number of unbranched alkanes of at least 4 members (excludes halogenated alkanes) is 9. The van der Waals surface area contributed by atoms with Gasteiger partial charge < -0.3 is 10.2 Å². The van der Waals surface area contributed by atoms with Crippen LogP contribution in [-0.2, 0) is 26.7 Å². The van der Waals surface area contributed by atoms with Crippen molar-refractivity contribution in [2.75, 3.05) is 0 Å². The van der Waals surface area contributed by atoms with Gasteiger partial charge in [-0.3, -0.25) is 9.11 Å². The summed E-state index contributed by atoms with van der Waals surface area (Å²) in [5.41, 5.74) is 0.143. The third kappa shape index (κ3) is 12.0. The Balaban J connectivity index is 0.000000397. The summed E-state index contributed by atoms with van der Waals surface area (Å²) in [6, 6.07) is 9.18. The first-order chi connectivity index (χ1) is 16.9. The molecule has 11 heteroatoms. The summed E-state index contributed by atoms with van der Waals surface area (Å²) in [4.78, 5) is 9.95. The van der Waals surface area contributed by atoms with Crippen LogP contribution in [0.2, 0.25) is 0 Å². The lowest BCUT2D eigenvalue weighted by atomic mass is 10.0. The molecule has 0 fully saturated rings. The van der Waals surface area contributed by atoms with Gasteiger partial charge in [-0.05, 0) is 42.7 Å². The van der Waals surface area contributed by atoms with Crippen LogP contribution in [0.3, 0.4) is 0 Å². The zero-order chi connectivity index (χ0) is 27.2. The monoisotopic (exact) mass is 544 g/mol. The lowest BCUT2D eigenvalue weighted by Crippen LogP contribution is -2.03. The molecular formula is C25H36O9S2. The van der Waals surface area contributed by atoms with E-state index in [9.17, 15) is 26.2 Å². The molecule has 0 aliphatic rings. The zero-order valence-electron chi connectivity index (χ0n) is 20.5. The maximum atomic E-state index is 11.3. The molecule has 0 amide bonds. The second-order valence-electron chi connectivity index (χ2n) is 8.47. The van der Waals surface area contributed by atoms with Crippen LogP contribution in [0.15, 0.2) is 52.3 Å². The highest BCUT2D eigenvalue weighted by molar-refractivity contribution is 7.86. The second-order valence-corrected chi connectivity index (χ2v) is 11.3. The van der Waals surface area contributed by atoms with Crippen molar-refractivity contribution in [3.8, 4) is 5.75 Å². The Hall–Kier alpha value is -2.47. The van der Waals surface area contributed by atoms with E-state index in [0.717, 1.165) is 30.5 Å². The molecule has 0 aliphatic carbocycles. The quantitative estimate of drug-likeness (QED) is 0.171. The topological polar surface area (TPSA) is 166 Å². The fourth-order valence-corrected chi connectivity index (χ4v) is 4.87. The van der Waals surface area contributed by atoms with Crippen LogP contribution in [0.5, 0.6) is 5.75 Å². The van der Waals surface area contributed by atoms with Gasteiger partial charge in [-0.25, -0.2) is 4.79 Å². The SMILES string of the molecule is CCCCCCCCCCCCc1ccccc1S(=O)(=O)O.O=C(O)c1cc(S(=O)(=O)O)ccc1O. The highest BCUT2D eigenvalue weighted by Gasteiger charge is 2.16. The van der Waals surface area contributed by atoms with Crippen LogP contribution in [-0.4, -0.2) is 42.1 Å². The molecule has 0 radical (unpaired) electrons. The highest BCUT2D eigenvalue weighted by Crippen LogP contribution is 2.21. The molecule has 4 N–H and O–H groups in total. The summed E-state index contributed by atoms with van der Waals surface area (Å²) in [7, 11) is -8.55. The molecule has 0 saturated carbocycles. The standard InChI is InChI=1S/C18H30O3S.C7H6O6S/c1-2-3-4-5-6-7-8-9-10-11-14-17-15-12-13-16-18(17)22(19,20)21;8-6-2-1-4(14(11,12)13)3-5(6)7(9)10/h12-13,15-16H,2-11,14H2,1H3,(H,19,20,21);1-3,8H,(H,9,10)(H,11,12,13). The number of carbonyl (C=O) groups is 1. The fraction of sp³-hybridized carbons (Fsp3) is 0.480. The Morgan fingerprint density at radius 3 is 1.78 bits per heavy atom. The molecule has 0 saturated heterocycles. The van der Waals surface area contributed by atoms with Gasteiger partial charge in [0.15, 0.2) is 0 Å². The number of aryl methyl sites for hydroxylation is 1. The van der Waals surface area contributed by atoms with Crippen molar-refractivity contribution < 1.29 is 40.9 Å². The third-order valence-corrected chi connectivity index (χ3v) is 7.35. The predicted molar refractivity (Wildman–Crippen MR) is 137 cm³/mol. The van der Waals surface area contributed by atoms with Gasteiger partial charge in [0.1, 0.15) is 11.3 Å². The van der Waals surface area contributed by atoms with Crippen LogP contribution in [0.1, 0.15) is 87.1 Å². The summed E-state index contributed by atoms with van der Waals surface area (Å²) in [5, 5.41) is 17.5. The third-order valence-electron chi connectivity index (χ3n) is 5.55. The first kappa shape index (κ1) is 31.6. The largest absolute Gasteiger partial charge is 0.507 e. The Morgan fingerprint density at radius 1 is 0.750 bits per heavy atom. The van der Waals surface area contributed by atoms with Crippen LogP contribution >= 0.6 is 0 Å². The van der Waals surface area contributed by atoms with Gasteiger partial charge in [0.2, 0.25) is 0 Å². The van der Waals surface area contributed by atoms with Gasteiger partial charge in [-0.1, -0.05) is 82.9 Å². The summed E-state index contributed by atoms with van der Waals surface area (Å²) >= 11 is 0. The molecule has 9 nitrogen and oxygen atoms in total. The van der Waals surface area contributed by atoms with Crippen LogP contribution < -0.4 is 0 Å². The summed E-state index contributed by atoms with van der Waals surface area (Å²) < 4.78 is 61.6. The number of carboxylic acid groups (broad SMARTS) is 1. The Morgan fingerprint density at radius 2 is 1.28 bits per heavy atom. The van der Waals surface area contributed by atoms with Crippen molar-refractivity contribution in [3.63, 3.8) is 0 Å². The Bertz CT molecular complexity index is 1170. The van der Waals surface area contributed by atoms with Crippen LogP contribution in [0, 0.1) is 0 Å². The predicted octanol–water partition coefficient (Wildman–Crippen LogP) is 5.73. The van der Waals surface area contributed by atoms with E-state index >= 15 is 0 Å². The minimum absolute atomic E-state index is 0.0610. The molecule has 0 aliphatic heterocycles. The second kappa shape index (κ2) is 15.6. The molecule has 36 heavy (non-hydrogen) atoms. The number of aromatic hydroxyl groups is 1. The van der Waals surface area contributed by atoms with Gasteiger partial charge in [0.05, 0.1) is 9.79 Å². The Labute approximate surface area is 213 Å². The lowest BCUT2D eigenvalue weighted by Gasteiger charge is -2.07. The average Bonchev–Trinajstić information content (AvgIpc) is 2.79. The lowest BCUT2D eigenvalue weighted by molar-refractivity contribution is 0.0693. The normalized spacial score (nSPS) is 11.5. The highest BCUT2D eigenvalue weighted by atomic mass is 32.2. The van der Waals surface area contributed by atoms with E-state index in [1.54, 1.807) is 12.1 Å². The van der Waals surface area contributed by atoms with Gasteiger partial charge >= 0.3 is 5.97 Å². The number of phenols is 1. The fourth-order valence-electron chi connectivity index (χ4n) is 3.61. The molecule has 202 valence electrons. The van der Waals surface area contributed by atoms with E-state index in [2.05, 4.69) is 6.92 Å². The molecule has 2 aromatic carbocycles. The first-order valence-electron chi connectivity index (χ1n) is 12.0. The van der Waals surface area contributed by atoms with Crippen molar-refractivity contribution >= 4 is 26.2 Å². The summed E-state index contributed by atoms with van der Waals surface area (Å²) in [6.45, 7) is 2.24. The maximum absolute atomic E-state index is 11.3. The van der Waals surface area contributed by atoms with Crippen LogP contribution in [0.4, 0.5) is 0 Å². The number of rotatable bonds is 14. The van der Waals surface area contributed by atoms with Gasteiger partial charge in [-0.15, -0.1) is 0 Å². The molecule has 2 aromatic rings. The van der Waals surface area contributed by atoms with Crippen molar-refractivity contribution in [1.29, 1.82) is 0 Å². The smallest absolute Gasteiger partial charge is 0.339 e. The molecular weight excluding hydrogens is 508 g/mol. The summed E-state index contributed by atoms with van der Waals surface area (Å²) in [6.07, 6.45) is 13.3. The zero-order valence-corrected chi connectivity index (χ0v) is 22.1. The number of hydrogen-bond donors (Lipinski definition) is 4. The van der Waals surface area contributed by atoms with E-state index in [0.29, 0.717) is 12.5 Å². The number of benzene rings is 2. The first-order valence-corrected chi connectivity index (χ1v) is 14.8. The van der Waals surface area contributed by atoms with Crippen molar-refractivity contribution in [3.05, 3.63) is 53.6 Å². The summed E-state index contributed by atoms with van der Waals surface area (Å²) in [5.74, 6) is -2.04. The van der Waals surface area contributed by atoms with Gasteiger partial charge in [0, 0.05) is 0 Å². The van der Waals surface area contributed by atoms with Crippen molar-refractivity contribution in [2.45, 2.75) is 87.3 Å². The van der Waals surface area contributed by atoms with Gasteiger partial charge in [0.25, 0.3) is 20.2 Å². The van der Waals surface area contributed by atoms with Crippen LogP contribution in [0.25, 0.3) is 0 Å². The van der Waals surface area contributed by atoms with Gasteiger partial charge in [-0.2, -0.15) is 16.8 Å². The molecule has 0 spiro atoms. The molecule has 0 bridgehead atoms. The van der Waals surface area contributed by atoms with E-state index in [4.69, 9.17) is 14.8 Å². The molecule has 2 rings (SSSR count). The van der Waals surface area contributed by atoms with Crippen molar-refractivity contribution in [1.82, 2.24) is 0 Å². The van der Waals surface area contributed by atoms with E-state index < -0.39 is 42.4 Å².